The number of aromatic nitrogens is 2. The first-order valence-corrected chi connectivity index (χ1v) is 14.0. The minimum absolute atomic E-state index is 0.0379. The van der Waals surface area contributed by atoms with Gasteiger partial charge >= 0.3 is 0 Å². The van der Waals surface area contributed by atoms with Gasteiger partial charge in [-0.15, -0.1) is 0 Å². The number of hydrogen-bond acceptors (Lipinski definition) is 6. The number of furan rings is 1. The van der Waals surface area contributed by atoms with Gasteiger partial charge in [-0.05, 0) is 47.9 Å². The Morgan fingerprint density at radius 3 is 2.42 bits per heavy atom. The predicted molar refractivity (Wildman–Crippen MR) is 161 cm³/mol. The van der Waals surface area contributed by atoms with Crippen LogP contribution in [0.4, 0.5) is 5.69 Å². The molecular formula is C32H27N3O4S. The van der Waals surface area contributed by atoms with E-state index in [-0.39, 0.29) is 17.2 Å². The minimum atomic E-state index is -0.261. The molecule has 2 heterocycles. The molecule has 200 valence electrons. The molecule has 6 aromatic rings. The van der Waals surface area contributed by atoms with Gasteiger partial charge in [-0.3, -0.25) is 14.2 Å². The Labute approximate surface area is 234 Å². The number of nitrogens with zero attached hydrogens (tertiary/aromatic N) is 2. The van der Waals surface area contributed by atoms with Crippen LogP contribution in [0.25, 0.3) is 38.5 Å². The monoisotopic (exact) mass is 549 g/mol. The van der Waals surface area contributed by atoms with Gasteiger partial charge in [0.15, 0.2) is 5.16 Å². The molecule has 1 N–H and O–H groups in total. The Balaban J connectivity index is 1.31. The van der Waals surface area contributed by atoms with E-state index in [1.165, 1.54) is 17.3 Å². The second-order valence-electron chi connectivity index (χ2n) is 9.78. The lowest BCUT2D eigenvalue weighted by Gasteiger charge is -2.15. The molecule has 0 atom stereocenters. The number of carbonyl (C=O) groups is 1. The number of para-hydroxylation sites is 2. The number of methoxy groups -OCH3 is 1. The number of amides is 1. The highest BCUT2D eigenvalue weighted by molar-refractivity contribution is 7.99. The SMILES string of the molecule is COc1cc2c(cc1NC(=O)CSc1nc3ccccc3c(=O)n1-c1ccc(C(C)C)cc1)oc1ccccc12. The van der Waals surface area contributed by atoms with Gasteiger partial charge in [-0.25, -0.2) is 4.98 Å². The topological polar surface area (TPSA) is 86.4 Å². The first kappa shape index (κ1) is 25.7. The molecule has 0 bridgehead atoms. The van der Waals surface area contributed by atoms with Crippen LogP contribution < -0.4 is 15.6 Å². The number of thioether (sulfide) groups is 1. The van der Waals surface area contributed by atoms with Crippen molar-refractivity contribution >= 4 is 56.2 Å². The van der Waals surface area contributed by atoms with Crippen LogP contribution in [0.3, 0.4) is 0 Å². The van der Waals surface area contributed by atoms with Crippen molar-refractivity contribution in [2.75, 3.05) is 18.2 Å². The molecule has 0 aliphatic rings. The zero-order chi connectivity index (χ0) is 27.8. The van der Waals surface area contributed by atoms with Crippen LogP contribution in [0.2, 0.25) is 0 Å². The van der Waals surface area contributed by atoms with E-state index in [9.17, 15) is 9.59 Å². The molecular weight excluding hydrogens is 522 g/mol. The molecule has 0 radical (unpaired) electrons. The largest absolute Gasteiger partial charge is 0.495 e. The first-order valence-electron chi connectivity index (χ1n) is 13.0. The maximum atomic E-state index is 13.6. The van der Waals surface area contributed by atoms with E-state index in [0.717, 1.165) is 16.4 Å². The van der Waals surface area contributed by atoms with Crippen molar-refractivity contribution in [1.29, 1.82) is 0 Å². The summed E-state index contributed by atoms with van der Waals surface area (Å²) < 4.78 is 13.1. The molecule has 0 saturated heterocycles. The van der Waals surface area contributed by atoms with Crippen molar-refractivity contribution in [3.05, 3.63) is 101 Å². The average Bonchev–Trinajstić information content (AvgIpc) is 3.33. The lowest BCUT2D eigenvalue weighted by molar-refractivity contribution is -0.113. The van der Waals surface area contributed by atoms with E-state index < -0.39 is 0 Å². The van der Waals surface area contributed by atoms with Gasteiger partial charge < -0.3 is 14.5 Å². The number of rotatable bonds is 7. The number of benzene rings is 4. The summed E-state index contributed by atoms with van der Waals surface area (Å²) in [4.78, 5) is 31.5. The smallest absolute Gasteiger partial charge is 0.266 e. The van der Waals surface area contributed by atoms with Crippen LogP contribution >= 0.6 is 11.8 Å². The summed E-state index contributed by atoms with van der Waals surface area (Å²) >= 11 is 1.21. The van der Waals surface area contributed by atoms with Crippen LogP contribution in [-0.2, 0) is 4.79 Å². The van der Waals surface area contributed by atoms with E-state index >= 15 is 0 Å². The fourth-order valence-electron chi connectivity index (χ4n) is 4.78. The van der Waals surface area contributed by atoms with Gasteiger partial charge in [-0.2, -0.15) is 0 Å². The summed E-state index contributed by atoms with van der Waals surface area (Å²) in [5, 5.41) is 5.79. The maximum absolute atomic E-state index is 13.6. The van der Waals surface area contributed by atoms with Crippen LogP contribution in [-0.4, -0.2) is 28.3 Å². The number of nitrogens with one attached hydrogen (secondary N) is 1. The molecule has 0 aliphatic heterocycles. The Hall–Kier alpha value is -4.56. The number of anilines is 1. The second-order valence-corrected chi connectivity index (χ2v) is 10.7. The first-order chi connectivity index (χ1) is 19.4. The third kappa shape index (κ3) is 4.71. The number of ether oxygens (including phenoxy) is 1. The van der Waals surface area contributed by atoms with Crippen molar-refractivity contribution < 1.29 is 13.9 Å². The quantitative estimate of drug-likeness (QED) is 0.168. The van der Waals surface area contributed by atoms with E-state index in [4.69, 9.17) is 14.1 Å². The lowest BCUT2D eigenvalue weighted by Crippen LogP contribution is -2.23. The molecule has 8 heteroatoms. The molecule has 0 spiro atoms. The van der Waals surface area contributed by atoms with E-state index in [2.05, 4.69) is 19.2 Å². The lowest BCUT2D eigenvalue weighted by atomic mass is 10.0. The second kappa shape index (κ2) is 10.5. The van der Waals surface area contributed by atoms with Crippen molar-refractivity contribution in [3.63, 3.8) is 0 Å². The highest BCUT2D eigenvalue weighted by Crippen LogP contribution is 2.36. The van der Waals surface area contributed by atoms with Crippen LogP contribution in [0.15, 0.2) is 99.3 Å². The number of fused-ring (bicyclic) bond motifs is 4. The van der Waals surface area contributed by atoms with E-state index in [1.54, 1.807) is 29.9 Å². The number of hydrogen-bond donors (Lipinski definition) is 1. The van der Waals surface area contributed by atoms with Crippen LogP contribution in [0, 0.1) is 0 Å². The number of carbonyl (C=O) groups excluding carboxylic acids is 1. The molecule has 1 amide bonds. The standard InChI is InChI=1S/C32H27N3O4S/c1-19(2)20-12-14-21(15-13-20)35-31(37)23-9-4-6-10-25(23)34-32(35)40-18-30(36)33-26-17-28-24(16-29(26)38-3)22-8-5-7-11-27(22)39-28/h4-17,19H,18H2,1-3H3,(H,33,36). The Morgan fingerprint density at radius 2 is 1.68 bits per heavy atom. The van der Waals surface area contributed by atoms with Gasteiger partial charge in [0.25, 0.3) is 5.56 Å². The molecule has 0 aliphatic carbocycles. The summed E-state index contributed by atoms with van der Waals surface area (Å²) in [5.41, 5.74) is 4.21. The zero-order valence-electron chi connectivity index (χ0n) is 22.3. The third-order valence-corrected chi connectivity index (χ3v) is 7.81. The highest BCUT2D eigenvalue weighted by Gasteiger charge is 2.17. The summed E-state index contributed by atoms with van der Waals surface area (Å²) in [7, 11) is 1.57. The molecule has 2 aromatic heterocycles. The molecule has 4 aromatic carbocycles. The Kier molecular flexibility index (Phi) is 6.77. The zero-order valence-corrected chi connectivity index (χ0v) is 23.1. The molecule has 0 saturated carbocycles. The van der Waals surface area contributed by atoms with Gasteiger partial charge in [-0.1, -0.05) is 68.1 Å². The minimum Gasteiger partial charge on any atom is -0.495 e. The summed E-state index contributed by atoms with van der Waals surface area (Å²) in [6.07, 6.45) is 0. The fraction of sp³-hybridized carbons (Fsp3) is 0.156. The van der Waals surface area contributed by atoms with E-state index in [0.29, 0.717) is 44.7 Å². The third-order valence-electron chi connectivity index (χ3n) is 6.87. The van der Waals surface area contributed by atoms with Crippen molar-refractivity contribution in [2.24, 2.45) is 0 Å². The molecule has 0 unspecified atom stereocenters. The van der Waals surface area contributed by atoms with Crippen molar-refractivity contribution in [1.82, 2.24) is 9.55 Å². The van der Waals surface area contributed by atoms with E-state index in [1.807, 2.05) is 66.7 Å². The Bertz CT molecular complexity index is 1940. The molecule has 40 heavy (non-hydrogen) atoms. The maximum Gasteiger partial charge on any atom is 0.266 e. The summed E-state index contributed by atoms with van der Waals surface area (Å²) in [6, 6.07) is 26.5. The normalized spacial score (nSPS) is 11.5. The van der Waals surface area contributed by atoms with Crippen LogP contribution in [0.1, 0.15) is 25.3 Å². The highest BCUT2D eigenvalue weighted by atomic mass is 32.2. The summed E-state index contributed by atoms with van der Waals surface area (Å²) in [6.45, 7) is 4.25. The molecule has 0 fully saturated rings. The van der Waals surface area contributed by atoms with Gasteiger partial charge in [0.2, 0.25) is 5.91 Å². The van der Waals surface area contributed by atoms with Crippen molar-refractivity contribution in [3.8, 4) is 11.4 Å². The average molecular weight is 550 g/mol. The van der Waals surface area contributed by atoms with Gasteiger partial charge in [0.05, 0.1) is 35.1 Å². The Morgan fingerprint density at radius 1 is 0.950 bits per heavy atom. The fourth-order valence-corrected chi connectivity index (χ4v) is 5.59. The molecule has 7 nitrogen and oxygen atoms in total. The van der Waals surface area contributed by atoms with Crippen molar-refractivity contribution in [2.45, 2.75) is 24.9 Å². The van der Waals surface area contributed by atoms with Gasteiger partial charge in [0, 0.05) is 16.8 Å². The predicted octanol–water partition coefficient (Wildman–Crippen LogP) is 7.15. The summed E-state index contributed by atoms with van der Waals surface area (Å²) in [5.74, 6) is 0.677. The van der Waals surface area contributed by atoms with Crippen LogP contribution in [0.5, 0.6) is 5.75 Å². The van der Waals surface area contributed by atoms with Gasteiger partial charge in [0.1, 0.15) is 16.9 Å². The molecule has 6 rings (SSSR count).